The Labute approximate surface area is 158 Å². The van der Waals surface area contributed by atoms with E-state index in [9.17, 15) is 9.18 Å². The van der Waals surface area contributed by atoms with E-state index >= 15 is 0 Å². The van der Waals surface area contributed by atoms with E-state index in [0.717, 1.165) is 42.5 Å². The molecule has 0 unspecified atom stereocenters. The predicted molar refractivity (Wildman–Crippen MR) is 106 cm³/mol. The number of nitrogens with zero attached hydrogens (tertiary/aromatic N) is 2. The van der Waals surface area contributed by atoms with Crippen molar-refractivity contribution in [3.63, 3.8) is 0 Å². The number of hydrogen-bond acceptors (Lipinski definition) is 2. The van der Waals surface area contributed by atoms with Crippen molar-refractivity contribution < 1.29 is 9.18 Å². The summed E-state index contributed by atoms with van der Waals surface area (Å²) in [5, 5.41) is 2.78. The van der Waals surface area contributed by atoms with E-state index < -0.39 is 0 Å². The molecule has 140 valence electrons. The molecule has 1 N–H and O–H groups in total. The van der Waals surface area contributed by atoms with E-state index in [1.54, 1.807) is 6.07 Å². The second-order valence-electron chi connectivity index (χ2n) is 6.50. The molecule has 0 saturated heterocycles. The third kappa shape index (κ3) is 4.82. The van der Waals surface area contributed by atoms with E-state index in [2.05, 4.69) is 16.5 Å². The third-order valence-corrected chi connectivity index (χ3v) is 4.58. The number of imidazole rings is 1. The summed E-state index contributed by atoms with van der Waals surface area (Å²) in [6, 6.07) is 14.8. The molecular weight excluding hydrogens is 341 g/mol. The van der Waals surface area contributed by atoms with E-state index in [0.29, 0.717) is 18.7 Å². The third-order valence-electron chi connectivity index (χ3n) is 4.58. The Morgan fingerprint density at radius 1 is 1.11 bits per heavy atom. The first-order chi connectivity index (χ1) is 13.2. The van der Waals surface area contributed by atoms with Gasteiger partial charge in [-0.05, 0) is 37.1 Å². The van der Waals surface area contributed by atoms with Crippen LogP contribution in [0.1, 0.15) is 30.7 Å². The molecule has 1 heterocycles. The fourth-order valence-electron chi connectivity index (χ4n) is 3.16. The van der Waals surface area contributed by atoms with E-state index in [-0.39, 0.29) is 11.7 Å². The lowest BCUT2D eigenvalue weighted by atomic mass is 10.1. The van der Waals surface area contributed by atoms with Crippen molar-refractivity contribution in [1.29, 1.82) is 0 Å². The normalized spacial score (nSPS) is 10.9. The molecule has 0 bridgehead atoms. The highest BCUT2D eigenvalue weighted by atomic mass is 19.1. The fraction of sp³-hybridized carbons (Fsp3) is 0.273. The molecule has 27 heavy (non-hydrogen) atoms. The largest absolute Gasteiger partial charge is 0.353 e. The van der Waals surface area contributed by atoms with Gasteiger partial charge in [0.25, 0.3) is 0 Å². The van der Waals surface area contributed by atoms with Crippen LogP contribution in [0.15, 0.2) is 61.2 Å². The van der Waals surface area contributed by atoms with Crippen LogP contribution in [-0.2, 0) is 17.8 Å². The van der Waals surface area contributed by atoms with E-state index in [4.69, 9.17) is 4.98 Å². The van der Waals surface area contributed by atoms with E-state index in [1.807, 2.05) is 36.4 Å². The Balaban J connectivity index is 1.68. The molecule has 3 aromatic rings. The zero-order valence-electron chi connectivity index (χ0n) is 15.3. The van der Waals surface area contributed by atoms with Crippen LogP contribution in [0.2, 0.25) is 0 Å². The average Bonchev–Trinajstić information content (AvgIpc) is 3.03. The molecule has 1 amide bonds. The Kier molecular flexibility index (Phi) is 6.36. The van der Waals surface area contributed by atoms with Gasteiger partial charge in [-0.25, -0.2) is 9.37 Å². The summed E-state index contributed by atoms with van der Waals surface area (Å²) in [6.45, 7) is 4.56. The summed E-state index contributed by atoms with van der Waals surface area (Å²) < 4.78 is 16.2. The van der Waals surface area contributed by atoms with Crippen LogP contribution in [0.25, 0.3) is 11.0 Å². The first kappa shape index (κ1) is 18.8. The van der Waals surface area contributed by atoms with Crippen molar-refractivity contribution in [2.45, 2.75) is 32.2 Å². The van der Waals surface area contributed by atoms with Gasteiger partial charge in [0.15, 0.2) is 0 Å². The number of halogens is 1. The molecule has 0 atom stereocenters. The fourth-order valence-corrected chi connectivity index (χ4v) is 3.16. The Hall–Kier alpha value is -2.95. The summed E-state index contributed by atoms with van der Waals surface area (Å²) in [6.07, 6.45) is 4.96. The minimum absolute atomic E-state index is 0.137. The number of carbonyl (C=O) groups excluding carboxylic acids is 1. The topological polar surface area (TPSA) is 46.9 Å². The van der Waals surface area contributed by atoms with Gasteiger partial charge in [0.05, 0.1) is 17.6 Å². The van der Waals surface area contributed by atoms with Crippen molar-refractivity contribution in [1.82, 2.24) is 14.9 Å². The number of hydrogen-bond donors (Lipinski definition) is 1. The number of unbranched alkanes of at least 4 members (excludes halogenated alkanes) is 2. The van der Waals surface area contributed by atoms with Gasteiger partial charge < -0.3 is 9.88 Å². The van der Waals surface area contributed by atoms with Crippen molar-refractivity contribution in [2.75, 3.05) is 6.54 Å². The maximum absolute atomic E-state index is 14.1. The molecule has 0 aliphatic rings. The number of para-hydroxylation sites is 2. The standard InChI is InChI=1S/C22H24FN3O/c1-2-22(27)24-15-9-3-4-14-21-25-19-12-7-8-13-20(19)26(21)16-17-10-5-6-11-18(17)23/h2,5-8,10-13H,1,3-4,9,14-16H2,(H,24,27). The predicted octanol–water partition coefficient (Wildman–Crippen LogP) is 4.24. The van der Waals surface area contributed by atoms with Crippen LogP contribution >= 0.6 is 0 Å². The molecule has 5 heteroatoms. The first-order valence-electron chi connectivity index (χ1n) is 9.27. The molecule has 0 radical (unpaired) electrons. The number of fused-ring (bicyclic) bond motifs is 1. The quantitative estimate of drug-likeness (QED) is 0.455. The highest BCUT2D eigenvalue weighted by molar-refractivity contribution is 5.86. The molecular formula is C22H24FN3O. The van der Waals surface area contributed by atoms with Gasteiger partial charge in [0.2, 0.25) is 5.91 Å². The molecule has 0 fully saturated rings. The number of aryl methyl sites for hydroxylation is 1. The second-order valence-corrected chi connectivity index (χ2v) is 6.50. The minimum atomic E-state index is -0.195. The van der Waals surface area contributed by atoms with Gasteiger partial charge in [-0.2, -0.15) is 0 Å². The van der Waals surface area contributed by atoms with Gasteiger partial charge in [0, 0.05) is 18.5 Å². The second kappa shape index (κ2) is 9.12. The first-order valence-corrected chi connectivity index (χ1v) is 9.27. The van der Waals surface area contributed by atoms with Gasteiger partial charge in [0.1, 0.15) is 11.6 Å². The molecule has 0 aliphatic carbocycles. The van der Waals surface area contributed by atoms with E-state index in [1.165, 1.54) is 12.1 Å². The number of amides is 1. The smallest absolute Gasteiger partial charge is 0.243 e. The average molecular weight is 365 g/mol. The van der Waals surface area contributed by atoms with Crippen molar-refractivity contribution >= 4 is 16.9 Å². The van der Waals surface area contributed by atoms with Crippen LogP contribution in [0.5, 0.6) is 0 Å². The maximum Gasteiger partial charge on any atom is 0.243 e. The Morgan fingerprint density at radius 3 is 2.70 bits per heavy atom. The van der Waals surface area contributed by atoms with Crippen LogP contribution in [0.4, 0.5) is 4.39 Å². The summed E-state index contributed by atoms with van der Waals surface area (Å²) in [4.78, 5) is 15.9. The summed E-state index contributed by atoms with van der Waals surface area (Å²) in [7, 11) is 0. The molecule has 0 aliphatic heterocycles. The van der Waals surface area contributed by atoms with Crippen molar-refractivity contribution in [2.24, 2.45) is 0 Å². The summed E-state index contributed by atoms with van der Waals surface area (Å²) in [5.74, 6) is 0.635. The molecule has 2 aromatic carbocycles. The lowest BCUT2D eigenvalue weighted by molar-refractivity contribution is -0.116. The molecule has 3 rings (SSSR count). The minimum Gasteiger partial charge on any atom is -0.353 e. The van der Waals surface area contributed by atoms with Gasteiger partial charge >= 0.3 is 0 Å². The number of benzene rings is 2. The monoisotopic (exact) mass is 365 g/mol. The highest BCUT2D eigenvalue weighted by Gasteiger charge is 2.12. The van der Waals surface area contributed by atoms with Crippen LogP contribution in [-0.4, -0.2) is 22.0 Å². The lowest BCUT2D eigenvalue weighted by Gasteiger charge is -2.10. The van der Waals surface area contributed by atoms with Crippen LogP contribution in [0.3, 0.4) is 0 Å². The summed E-state index contributed by atoms with van der Waals surface area (Å²) >= 11 is 0. The highest BCUT2D eigenvalue weighted by Crippen LogP contribution is 2.20. The Morgan fingerprint density at radius 2 is 1.89 bits per heavy atom. The molecule has 0 spiro atoms. The van der Waals surface area contributed by atoms with Gasteiger partial charge in [-0.3, -0.25) is 4.79 Å². The lowest BCUT2D eigenvalue weighted by Crippen LogP contribution is -2.21. The Bertz CT molecular complexity index is 932. The SMILES string of the molecule is C=CC(=O)NCCCCCc1nc2ccccc2n1Cc1ccccc1F. The zero-order valence-corrected chi connectivity index (χ0v) is 15.3. The number of rotatable bonds is 9. The van der Waals surface area contributed by atoms with Crippen molar-refractivity contribution in [3.8, 4) is 0 Å². The molecule has 4 nitrogen and oxygen atoms in total. The maximum atomic E-state index is 14.1. The molecule has 0 saturated carbocycles. The van der Waals surface area contributed by atoms with Crippen LogP contribution in [0, 0.1) is 5.82 Å². The van der Waals surface area contributed by atoms with Crippen molar-refractivity contribution in [3.05, 3.63) is 78.4 Å². The zero-order chi connectivity index (χ0) is 19.1. The van der Waals surface area contributed by atoms with Crippen LogP contribution < -0.4 is 5.32 Å². The summed E-state index contributed by atoms with van der Waals surface area (Å²) in [5.41, 5.74) is 2.62. The molecule has 1 aromatic heterocycles. The number of carbonyl (C=O) groups is 1. The number of nitrogens with one attached hydrogen (secondary N) is 1. The van der Waals surface area contributed by atoms with Gasteiger partial charge in [-0.15, -0.1) is 0 Å². The number of aromatic nitrogens is 2. The van der Waals surface area contributed by atoms with Gasteiger partial charge in [-0.1, -0.05) is 43.3 Å².